The van der Waals surface area contributed by atoms with Gasteiger partial charge in [-0.1, -0.05) is 41.5 Å². The maximum atomic E-state index is 13.7. The molecule has 0 radical (unpaired) electrons. The molecule has 0 spiro atoms. The van der Waals surface area contributed by atoms with Gasteiger partial charge in [-0.05, 0) is 18.2 Å². The van der Waals surface area contributed by atoms with Gasteiger partial charge < -0.3 is 5.73 Å². The summed E-state index contributed by atoms with van der Waals surface area (Å²) in [6.45, 7) is 0. The van der Waals surface area contributed by atoms with Crippen LogP contribution in [0.3, 0.4) is 0 Å². The Hall–Kier alpha value is -0.930. The van der Waals surface area contributed by atoms with Crippen LogP contribution in [-0.4, -0.2) is 13.4 Å². The highest BCUT2D eigenvalue weighted by atomic mass is 35.5. The molecule has 0 saturated heterocycles. The molecule has 0 saturated carbocycles. The van der Waals surface area contributed by atoms with Gasteiger partial charge in [0.15, 0.2) is 0 Å². The van der Waals surface area contributed by atoms with Crippen molar-refractivity contribution in [3.05, 3.63) is 44.3 Å². The maximum absolute atomic E-state index is 13.7. The first-order valence-electron chi connectivity index (χ1n) is 5.28. The standard InChI is InChI=1S/C11H7Cl2FN2O2S3/c12-8-4-7(10(13)20-8)21(17,18)16-6-3-1-2-5(14)9(6)11(15)19/h1-4,16H,(H2,15,19). The second-order valence-corrected chi connectivity index (χ2v) is 8.20. The smallest absolute Gasteiger partial charge is 0.264 e. The Morgan fingerprint density at radius 2 is 2.05 bits per heavy atom. The third-order valence-corrected chi connectivity index (χ3v) is 5.74. The summed E-state index contributed by atoms with van der Waals surface area (Å²) in [6.07, 6.45) is 0. The van der Waals surface area contributed by atoms with Gasteiger partial charge in [-0.3, -0.25) is 4.72 Å². The lowest BCUT2D eigenvalue weighted by Crippen LogP contribution is -2.19. The van der Waals surface area contributed by atoms with Crippen molar-refractivity contribution in [2.45, 2.75) is 4.90 Å². The Balaban J connectivity index is 2.50. The minimum absolute atomic E-state index is 0.000720. The summed E-state index contributed by atoms with van der Waals surface area (Å²) < 4.78 is 40.7. The molecule has 2 aromatic rings. The molecule has 21 heavy (non-hydrogen) atoms. The molecule has 10 heteroatoms. The average molecular weight is 385 g/mol. The lowest BCUT2D eigenvalue weighted by molar-refractivity contribution is 0.601. The van der Waals surface area contributed by atoms with Gasteiger partial charge in [0, 0.05) is 0 Å². The normalized spacial score (nSPS) is 11.4. The van der Waals surface area contributed by atoms with E-state index in [1.807, 2.05) is 0 Å². The van der Waals surface area contributed by atoms with Crippen molar-refractivity contribution in [1.29, 1.82) is 0 Å². The van der Waals surface area contributed by atoms with Crippen LogP contribution in [0.1, 0.15) is 5.56 Å². The fourth-order valence-corrected chi connectivity index (χ4v) is 5.00. The topological polar surface area (TPSA) is 72.2 Å². The van der Waals surface area contributed by atoms with Crippen LogP contribution in [0.25, 0.3) is 0 Å². The lowest BCUT2D eigenvalue weighted by atomic mass is 10.2. The van der Waals surface area contributed by atoms with E-state index in [-0.39, 0.29) is 29.8 Å². The zero-order chi connectivity index (χ0) is 15.8. The van der Waals surface area contributed by atoms with Gasteiger partial charge in [0.05, 0.1) is 15.6 Å². The second-order valence-electron chi connectivity index (χ2n) is 3.82. The van der Waals surface area contributed by atoms with E-state index in [9.17, 15) is 12.8 Å². The van der Waals surface area contributed by atoms with Crippen LogP contribution in [0.4, 0.5) is 10.1 Å². The van der Waals surface area contributed by atoms with Crippen molar-refractivity contribution in [3.63, 3.8) is 0 Å². The number of nitrogens with two attached hydrogens (primary N) is 1. The third kappa shape index (κ3) is 3.46. The van der Waals surface area contributed by atoms with Crippen molar-refractivity contribution in [2.75, 3.05) is 4.72 Å². The van der Waals surface area contributed by atoms with Crippen molar-refractivity contribution >= 4 is 67.5 Å². The van der Waals surface area contributed by atoms with Gasteiger partial charge in [-0.2, -0.15) is 0 Å². The third-order valence-electron chi connectivity index (χ3n) is 2.42. The van der Waals surface area contributed by atoms with E-state index in [4.69, 9.17) is 41.2 Å². The number of thiophene rings is 1. The molecule has 0 fully saturated rings. The summed E-state index contributed by atoms with van der Waals surface area (Å²) in [7, 11) is -4.03. The Morgan fingerprint density at radius 1 is 1.38 bits per heavy atom. The molecule has 2 rings (SSSR count). The molecule has 0 aliphatic carbocycles. The van der Waals surface area contributed by atoms with Gasteiger partial charge in [0.25, 0.3) is 10.0 Å². The van der Waals surface area contributed by atoms with E-state index in [1.54, 1.807) is 0 Å². The van der Waals surface area contributed by atoms with Crippen LogP contribution in [0.2, 0.25) is 8.67 Å². The number of benzene rings is 1. The van der Waals surface area contributed by atoms with E-state index in [0.29, 0.717) is 0 Å². The average Bonchev–Trinajstić information content (AvgIpc) is 2.68. The monoisotopic (exact) mass is 384 g/mol. The van der Waals surface area contributed by atoms with Gasteiger partial charge in [0.1, 0.15) is 20.0 Å². The molecule has 3 N–H and O–H groups in total. The van der Waals surface area contributed by atoms with Crippen LogP contribution in [0.15, 0.2) is 29.2 Å². The van der Waals surface area contributed by atoms with E-state index < -0.39 is 15.8 Å². The van der Waals surface area contributed by atoms with Crippen molar-refractivity contribution in [1.82, 2.24) is 0 Å². The number of hydrogen-bond acceptors (Lipinski definition) is 4. The Morgan fingerprint density at radius 3 is 2.57 bits per heavy atom. The highest BCUT2D eigenvalue weighted by molar-refractivity contribution is 7.93. The van der Waals surface area contributed by atoms with Crippen molar-refractivity contribution < 1.29 is 12.8 Å². The second kappa shape index (κ2) is 6.05. The number of anilines is 1. The van der Waals surface area contributed by atoms with E-state index >= 15 is 0 Å². The van der Waals surface area contributed by atoms with E-state index in [1.165, 1.54) is 18.2 Å². The predicted octanol–water partition coefficient (Wildman–Crippen LogP) is 3.63. The molecule has 0 unspecified atom stereocenters. The zero-order valence-corrected chi connectivity index (χ0v) is 14.0. The van der Waals surface area contributed by atoms with E-state index in [2.05, 4.69) is 4.72 Å². The summed E-state index contributed by atoms with van der Waals surface area (Å²) in [6, 6.07) is 5.01. The molecule has 1 aromatic heterocycles. The number of sulfonamides is 1. The lowest BCUT2D eigenvalue weighted by Gasteiger charge is -2.12. The van der Waals surface area contributed by atoms with Crippen molar-refractivity contribution in [2.24, 2.45) is 5.73 Å². The highest BCUT2D eigenvalue weighted by Crippen LogP contribution is 2.35. The minimum Gasteiger partial charge on any atom is -0.389 e. The number of halogens is 3. The van der Waals surface area contributed by atoms with Crippen molar-refractivity contribution in [3.8, 4) is 0 Å². The molecule has 0 aliphatic rings. The number of rotatable bonds is 4. The predicted molar refractivity (Wildman–Crippen MR) is 87.4 cm³/mol. The quantitative estimate of drug-likeness (QED) is 0.789. The maximum Gasteiger partial charge on any atom is 0.264 e. The molecule has 0 amide bonds. The van der Waals surface area contributed by atoms with Gasteiger partial charge in [0.2, 0.25) is 0 Å². The first-order valence-corrected chi connectivity index (χ1v) is 8.74. The Bertz CT molecular complexity index is 821. The van der Waals surface area contributed by atoms with Gasteiger partial charge in [-0.25, -0.2) is 12.8 Å². The Labute approximate surface area is 139 Å². The minimum atomic E-state index is -4.03. The van der Waals surface area contributed by atoms with Crippen LogP contribution < -0.4 is 10.5 Å². The molecule has 0 aliphatic heterocycles. The molecular formula is C11H7Cl2FN2O2S3. The van der Waals surface area contributed by atoms with Crippen LogP contribution in [0, 0.1) is 5.82 Å². The van der Waals surface area contributed by atoms with Gasteiger partial charge in [-0.15, -0.1) is 11.3 Å². The summed E-state index contributed by atoms with van der Waals surface area (Å²) in [5, 5.41) is 0. The molecule has 1 aromatic carbocycles. The molecule has 0 atom stereocenters. The van der Waals surface area contributed by atoms with E-state index in [0.717, 1.165) is 17.4 Å². The Kier molecular flexibility index (Phi) is 4.74. The fourth-order valence-electron chi connectivity index (χ4n) is 1.57. The molecule has 112 valence electrons. The summed E-state index contributed by atoms with van der Waals surface area (Å²) in [5.74, 6) is -0.725. The molecule has 1 heterocycles. The SMILES string of the molecule is NC(=S)c1c(F)cccc1NS(=O)(=O)c1cc(Cl)sc1Cl. The number of hydrogen-bond donors (Lipinski definition) is 2. The number of thiocarbonyl (C=S) groups is 1. The summed E-state index contributed by atoms with van der Waals surface area (Å²) >= 11 is 17.2. The number of nitrogens with one attached hydrogen (secondary N) is 1. The van der Waals surface area contributed by atoms with Crippen LogP contribution >= 0.6 is 46.8 Å². The molecular weight excluding hydrogens is 378 g/mol. The summed E-state index contributed by atoms with van der Waals surface area (Å²) in [5.41, 5.74) is 5.16. The largest absolute Gasteiger partial charge is 0.389 e. The molecule has 0 bridgehead atoms. The van der Waals surface area contributed by atoms with Gasteiger partial charge >= 0.3 is 0 Å². The molecule has 4 nitrogen and oxygen atoms in total. The first-order chi connectivity index (χ1) is 9.72. The first kappa shape index (κ1) is 16.4. The zero-order valence-electron chi connectivity index (χ0n) is 10.1. The van der Waals surface area contributed by atoms with Crippen LogP contribution in [-0.2, 0) is 10.0 Å². The highest BCUT2D eigenvalue weighted by Gasteiger charge is 2.23. The fraction of sp³-hybridized carbons (Fsp3) is 0. The summed E-state index contributed by atoms with van der Waals surface area (Å²) in [4.78, 5) is -0.461. The van der Waals surface area contributed by atoms with Crippen LogP contribution in [0.5, 0.6) is 0 Å².